The second-order valence-corrected chi connectivity index (χ2v) is 2.76. The van der Waals surface area contributed by atoms with Gasteiger partial charge >= 0.3 is 31.6 Å². The number of rotatable bonds is 0. The first-order chi connectivity index (χ1) is 1.89. The van der Waals surface area contributed by atoms with Crippen molar-refractivity contribution in [3.05, 3.63) is 0 Å². The van der Waals surface area contributed by atoms with E-state index in [1.54, 1.807) is 0 Å². The van der Waals surface area contributed by atoms with Crippen LogP contribution in [0.5, 0.6) is 0 Å². The summed E-state index contributed by atoms with van der Waals surface area (Å²) >= 11 is 1.89. The van der Waals surface area contributed by atoms with Crippen molar-refractivity contribution in [1.82, 2.24) is 0 Å². The summed E-state index contributed by atoms with van der Waals surface area (Å²) < 4.78 is 0. The molecule has 0 N–H and O–H groups in total. The molecule has 1 atom stereocenters. The van der Waals surface area contributed by atoms with Crippen LogP contribution in [0, 0.1) is 0 Å². The van der Waals surface area contributed by atoms with E-state index >= 15 is 0 Å². The Morgan fingerprint density at radius 2 is 2.25 bits per heavy atom. The quantitative estimate of drug-likeness (QED) is 0.403. The van der Waals surface area contributed by atoms with Crippen molar-refractivity contribution in [3.63, 3.8) is 0 Å². The molecule has 0 spiro atoms. The summed E-state index contributed by atoms with van der Waals surface area (Å²) in [4.78, 5) is 1.02. The van der Waals surface area contributed by atoms with Gasteiger partial charge in [0.1, 0.15) is 0 Å². The van der Waals surface area contributed by atoms with E-state index in [0.717, 1.165) is 4.89 Å². The molecule has 1 saturated heterocycles. The van der Waals surface area contributed by atoms with Gasteiger partial charge in [0, 0.05) is 0 Å². The summed E-state index contributed by atoms with van der Waals surface area (Å²) in [5, 5.41) is 1.42. The van der Waals surface area contributed by atoms with Crippen LogP contribution >= 0.6 is 0 Å². The predicted molar refractivity (Wildman–Crippen MR) is 14.2 cm³/mol. The van der Waals surface area contributed by atoms with Crippen LogP contribution in [0.4, 0.5) is 0 Å². The van der Waals surface area contributed by atoms with Gasteiger partial charge in [0.25, 0.3) is 0 Å². The van der Waals surface area contributed by atoms with Crippen molar-refractivity contribution in [2.45, 2.75) is 17.2 Å². The minimum absolute atomic E-state index is 1.02. The van der Waals surface area contributed by atoms with Crippen LogP contribution in [0.25, 0.3) is 0 Å². The monoisotopic (exact) mass is 100.0 g/mol. The summed E-state index contributed by atoms with van der Waals surface area (Å²) in [7, 11) is 0. The first-order valence-electron chi connectivity index (χ1n) is 1.39. The Hall–Kier alpha value is 0.494. The molecule has 1 unspecified atom stereocenters. The van der Waals surface area contributed by atoms with Crippen LogP contribution in [-0.4, -0.2) is 0 Å². The normalized spacial score (nSPS) is 41.8. The Balaban J connectivity index is 2.17. The molecule has 0 bridgehead atoms. The molecule has 0 aliphatic carbocycles. The Morgan fingerprint density at radius 3 is 2.25 bits per heavy atom. The zero-order valence-corrected chi connectivity index (χ0v) is 3.59. The summed E-state index contributed by atoms with van der Waals surface area (Å²) in [5.74, 6) is 0. The molecule has 0 saturated carbocycles. The Kier molecular flexibility index (Phi) is 0.489. The number of hydrogen-bond acceptors (Lipinski definition) is 0. The molecular formula is C3H6Ni. The van der Waals surface area contributed by atoms with Crippen molar-refractivity contribution in [2.75, 3.05) is 0 Å². The van der Waals surface area contributed by atoms with Crippen LogP contribution in [0.1, 0.15) is 6.92 Å². The fraction of sp³-hybridized carbons (Fsp3) is 1.00. The van der Waals surface area contributed by atoms with E-state index in [2.05, 4.69) is 6.92 Å². The summed E-state index contributed by atoms with van der Waals surface area (Å²) in [5.41, 5.74) is 0. The van der Waals surface area contributed by atoms with E-state index in [4.69, 9.17) is 0 Å². The Bertz CT molecular complexity index is 22.5. The zero-order chi connectivity index (χ0) is 2.99. The van der Waals surface area contributed by atoms with Crippen LogP contribution in [0.3, 0.4) is 0 Å². The molecule has 1 heterocycles. The van der Waals surface area contributed by atoms with Gasteiger partial charge in [-0.15, -0.1) is 0 Å². The molecule has 1 rings (SSSR count). The van der Waals surface area contributed by atoms with Gasteiger partial charge < -0.3 is 0 Å². The molecule has 0 aromatic rings. The third-order valence-electron chi connectivity index (χ3n) is 0.387. The van der Waals surface area contributed by atoms with Gasteiger partial charge in [0.05, 0.1) is 0 Å². The molecule has 0 nitrogen and oxygen atoms in total. The maximum absolute atomic E-state index is 2.25. The van der Waals surface area contributed by atoms with Crippen LogP contribution in [-0.2, 0) is 14.4 Å². The maximum atomic E-state index is 2.25. The zero-order valence-electron chi connectivity index (χ0n) is 2.60. The topological polar surface area (TPSA) is 0 Å². The first kappa shape index (κ1) is 2.72. The van der Waals surface area contributed by atoms with Gasteiger partial charge in [-0.05, 0) is 0 Å². The van der Waals surface area contributed by atoms with Crippen LogP contribution in [0.2, 0.25) is 10.3 Å². The van der Waals surface area contributed by atoms with Gasteiger partial charge in [-0.25, -0.2) is 0 Å². The van der Waals surface area contributed by atoms with Crippen molar-refractivity contribution < 1.29 is 14.4 Å². The van der Waals surface area contributed by atoms with E-state index in [-0.39, 0.29) is 0 Å². The Labute approximate surface area is 32.4 Å². The third-order valence-corrected chi connectivity index (χ3v) is 1.60. The van der Waals surface area contributed by atoms with E-state index in [0.29, 0.717) is 0 Å². The molecule has 0 amide bonds. The molecule has 1 fully saturated rings. The third kappa shape index (κ3) is 0.456. The predicted octanol–water partition coefficient (Wildman–Crippen LogP) is 1.31. The van der Waals surface area contributed by atoms with Crippen molar-refractivity contribution in [2.24, 2.45) is 0 Å². The Morgan fingerprint density at radius 1 is 2.00 bits per heavy atom. The van der Waals surface area contributed by atoms with Gasteiger partial charge in [0.2, 0.25) is 0 Å². The SMILES string of the molecule is C[CH]1[CH2][Ni]1. The average Bonchev–Trinajstić information content (AvgIpc) is 1.75. The second kappa shape index (κ2) is 0.720. The molecule has 0 radical (unpaired) electrons. The molecule has 1 aliphatic rings. The minimum atomic E-state index is 1.02. The fourth-order valence-electron chi connectivity index (χ4n) is 0.0745. The molecule has 0 aromatic carbocycles. The van der Waals surface area contributed by atoms with Crippen molar-refractivity contribution >= 4 is 0 Å². The number of hydrogen-bond donors (Lipinski definition) is 0. The fourth-order valence-corrected chi connectivity index (χ4v) is 0.307. The van der Waals surface area contributed by atoms with E-state index in [1.807, 2.05) is 14.4 Å². The van der Waals surface area contributed by atoms with Gasteiger partial charge in [0.15, 0.2) is 0 Å². The summed E-state index contributed by atoms with van der Waals surface area (Å²) in [6.07, 6.45) is 0. The molecular weight excluding hydrogens is 94.7 g/mol. The van der Waals surface area contributed by atoms with Gasteiger partial charge in [-0.3, -0.25) is 0 Å². The standard InChI is InChI=1S/C3H6.Ni/c1-3-2;/h3H,1H2,2H3;. The molecule has 4 heavy (non-hydrogen) atoms. The van der Waals surface area contributed by atoms with Crippen molar-refractivity contribution in [1.29, 1.82) is 0 Å². The van der Waals surface area contributed by atoms with E-state index in [9.17, 15) is 0 Å². The van der Waals surface area contributed by atoms with Crippen LogP contribution < -0.4 is 0 Å². The van der Waals surface area contributed by atoms with E-state index < -0.39 is 0 Å². The molecule has 28 valence electrons. The van der Waals surface area contributed by atoms with E-state index in [1.165, 1.54) is 5.39 Å². The van der Waals surface area contributed by atoms with Crippen molar-refractivity contribution in [3.8, 4) is 0 Å². The van der Waals surface area contributed by atoms with Crippen LogP contribution in [0.15, 0.2) is 0 Å². The molecule has 1 aliphatic heterocycles. The summed E-state index contributed by atoms with van der Waals surface area (Å²) in [6, 6.07) is 0. The first-order valence-corrected chi connectivity index (χ1v) is 2.66. The summed E-state index contributed by atoms with van der Waals surface area (Å²) in [6.45, 7) is 2.25. The second-order valence-electron chi connectivity index (χ2n) is 0.978. The molecule has 1 heteroatoms. The van der Waals surface area contributed by atoms with Gasteiger partial charge in [-0.2, -0.15) is 0 Å². The average molecular weight is 101 g/mol. The molecule has 0 aromatic heterocycles. The van der Waals surface area contributed by atoms with Gasteiger partial charge in [-0.1, -0.05) is 0 Å².